The molecule has 1 atom stereocenters. The Balaban J connectivity index is 2.12. The van der Waals surface area contributed by atoms with Crippen LogP contribution in [-0.4, -0.2) is 26.1 Å². The van der Waals surface area contributed by atoms with Crippen molar-refractivity contribution in [3.05, 3.63) is 30.0 Å². The number of rotatable bonds is 5. The van der Waals surface area contributed by atoms with E-state index in [4.69, 9.17) is 9.15 Å². The summed E-state index contributed by atoms with van der Waals surface area (Å²) in [5.74, 6) is 1.44. The van der Waals surface area contributed by atoms with Crippen LogP contribution in [0.25, 0.3) is 11.0 Å². The normalized spacial score (nSPS) is 12.4. The van der Waals surface area contributed by atoms with Crippen LogP contribution in [0.1, 0.15) is 12.7 Å². The van der Waals surface area contributed by atoms with Gasteiger partial charge < -0.3 is 14.5 Å². The Morgan fingerprint density at radius 2 is 2.26 bits per heavy atom. The third-order valence-electron chi connectivity index (χ3n) is 3.00. The van der Waals surface area contributed by atoms with Gasteiger partial charge in [0.1, 0.15) is 5.76 Å². The number of likely N-dealkylation sites (N-methyl/N-ethyl adjacent to an activating group) is 1. The Kier molecular flexibility index (Phi) is 4.06. The van der Waals surface area contributed by atoms with Crippen LogP contribution in [0, 0.1) is 0 Å². The summed E-state index contributed by atoms with van der Waals surface area (Å²) in [4.78, 5) is 11.4. The summed E-state index contributed by atoms with van der Waals surface area (Å²) in [6, 6.07) is 7.42. The van der Waals surface area contributed by atoms with Gasteiger partial charge in [-0.05, 0) is 19.1 Å². The van der Waals surface area contributed by atoms with Gasteiger partial charge in [0.25, 0.3) is 0 Å². The van der Waals surface area contributed by atoms with Crippen molar-refractivity contribution in [2.75, 3.05) is 14.2 Å². The Bertz CT molecular complexity index is 577. The third kappa shape index (κ3) is 2.88. The zero-order valence-corrected chi connectivity index (χ0v) is 11.3. The maximum absolute atomic E-state index is 11.4. The highest BCUT2D eigenvalue weighted by Crippen LogP contribution is 2.28. The molecule has 0 saturated heterocycles. The molecule has 5 nitrogen and oxygen atoms in total. The van der Waals surface area contributed by atoms with Gasteiger partial charge in [0, 0.05) is 12.4 Å². The minimum atomic E-state index is -0.264. The maximum Gasteiger partial charge on any atom is 0.236 e. The van der Waals surface area contributed by atoms with E-state index in [-0.39, 0.29) is 11.9 Å². The highest BCUT2D eigenvalue weighted by molar-refractivity contribution is 5.83. The van der Waals surface area contributed by atoms with Gasteiger partial charge in [0.05, 0.1) is 19.7 Å². The van der Waals surface area contributed by atoms with Crippen LogP contribution in [0.2, 0.25) is 0 Å². The van der Waals surface area contributed by atoms with E-state index in [0.29, 0.717) is 12.3 Å². The monoisotopic (exact) mass is 262 g/mol. The van der Waals surface area contributed by atoms with Gasteiger partial charge in [-0.2, -0.15) is 0 Å². The molecule has 0 radical (unpaired) electrons. The van der Waals surface area contributed by atoms with E-state index in [9.17, 15) is 4.79 Å². The zero-order chi connectivity index (χ0) is 13.8. The second kappa shape index (κ2) is 5.75. The van der Waals surface area contributed by atoms with Crippen molar-refractivity contribution in [3.8, 4) is 5.75 Å². The number of nitrogens with one attached hydrogen (secondary N) is 2. The van der Waals surface area contributed by atoms with Crippen LogP contribution in [0.3, 0.4) is 0 Å². The largest absolute Gasteiger partial charge is 0.493 e. The number of ether oxygens (including phenoxy) is 1. The number of furan rings is 1. The average molecular weight is 262 g/mol. The van der Waals surface area contributed by atoms with Crippen LogP contribution in [0.5, 0.6) is 5.75 Å². The molecule has 0 spiro atoms. The van der Waals surface area contributed by atoms with E-state index in [0.717, 1.165) is 16.7 Å². The van der Waals surface area contributed by atoms with Gasteiger partial charge in [0.15, 0.2) is 11.3 Å². The van der Waals surface area contributed by atoms with E-state index in [2.05, 4.69) is 10.6 Å². The number of benzene rings is 1. The topological polar surface area (TPSA) is 63.5 Å². The highest BCUT2D eigenvalue weighted by Gasteiger charge is 2.12. The van der Waals surface area contributed by atoms with E-state index in [1.165, 1.54) is 0 Å². The first-order valence-corrected chi connectivity index (χ1v) is 6.16. The lowest BCUT2D eigenvalue weighted by atomic mass is 10.2. The van der Waals surface area contributed by atoms with Crippen molar-refractivity contribution in [1.82, 2.24) is 10.6 Å². The first kappa shape index (κ1) is 13.4. The quantitative estimate of drug-likeness (QED) is 0.860. The van der Waals surface area contributed by atoms with Crippen molar-refractivity contribution < 1.29 is 13.9 Å². The predicted octanol–water partition coefficient (Wildman–Crippen LogP) is 1.67. The fourth-order valence-corrected chi connectivity index (χ4v) is 1.90. The lowest BCUT2D eigenvalue weighted by Gasteiger charge is -2.10. The molecule has 1 unspecified atom stereocenters. The van der Waals surface area contributed by atoms with Crippen molar-refractivity contribution >= 4 is 16.9 Å². The number of amides is 1. The number of fused-ring (bicyclic) bond motifs is 1. The molecule has 2 aromatic rings. The van der Waals surface area contributed by atoms with Gasteiger partial charge in [-0.1, -0.05) is 12.1 Å². The zero-order valence-electron chi connectivity index (χ0n) is 11.3. The first-order valence-electron chi connectivity index (χ1n) is 6.16. The van der Waals surface area contributed by atoms with Gasteiger partial charge in [-0.25, -0.2) is 0 Å². The molecule has 5 heteroatoms. The average Bonchev–Trinajstić information content (AvgIpc) is 2.86. The minimum absolute atomic E-state index is 0.0475. The summed E-state index contributed by atoms with van der Waals surface area (Å²) in [5.41, 5.74) is 0.731. The predicted molar refractivity (Wildman–Crippen MR) is 73.1 cm³/mol. The summed E-state index contributed by atoms with van der Waals surface area (Å²) in [7, 11) is 3.23. The summed E-state index contributed by atoms with van der Waals surface area (Å²) in [6.07, 6.45) is 0. The van der Waals surface area contributed by atoms with Gasteiger partial charge in [-0.15, -0.1) is 0 Å². The number of methoxy groups -OCH3 is 1. The fourth-order valence-electron chi connectivity index (χ4n) is 1.90. The summed E-state index contributed by atoms with van der Waals surface area (Å²) < 4.78 is 11.0. The van der Waals surface area contributed by atoms with Crippen LogP contribution >= 0.6 is 0 Å². The number of carbonyl (C=O) groups is 1. The Hall–Kier alpha value is -2.01. The molecule has 0 aliphatic heterocycles. The highest BCUT2D eigenvalue weighted by atomic mass is 16.5. The first-order chi connectivity index (χ1) is 9.15. The fraction of sp³-hybridized carbons (Fsp3) is 0.357. The van der Waals surface area contributed by atoms with Crippen LogP contribution in [-0.2, 0) is 11.3 Å². The van der Waals surface area contributed by atoms with Gasteiger partial charge in [-0.3, -0.25) is 10.1 Å². The SMILES string of the molecule is CNC(=O)C(C)NCc1cc2cccc(OC)c2o1. The minimum Gasteiger partial charge on any atom is -0.493 e. The molecule has 0 bridgehead atoms. The van der Waals surface area contributed by atoms with E-state index < -0.39 is 0 Å². The molecule has 0 fully saturated rings. The second-order valence-corrected chi connectivity index (χ2v) is 4.31. The molecule has 102 valence electrons. The van der Waals surface area contributed by atoms with Gasteiger partial charge >= 0.3 is 0 Å². The second-order valence-electron chi connectivity index (χ2n) is 4.31. The summed E-state index contributed by atoms with van der Waals surface area (Å²) in [5, 5.41) is 6.68. The summed E-state index contributed by atoms with van der Waals surface area (Å²) in [6.45, 7) is 2.30. The Morgan fingerprint density at radius 3 is 2.95 bits per heavy atom. The third-order valence-corrected chi connectivity index (χ3v) is 3.00. The number of para-hydroxylation sites is 1. The molecule has 1 aromatic heterocycles. The van der Waals surface area contributed by atoms with Crippen LogP contribution in [0.4, 0.5) is 0 Å². The number of hydrogen-bond donors (Lipinski definition) is 2. The number of hydrogen-bond acceptors (Lipinski definition) is 4. The summed E-state index contributed by atoms with van der Waals surface area (Å²) >= 11 is 0. The molecule has 1 aromatic carbocycles. The molecular weight excluding hydrogens is 244 g/mol. The standard InChI is InChI=1S/C14H18N2O3/c1-9(14(17)15-2)16-8-11-7-10-5-4-6-12(18-3)13(10)19-11/h4-7,9,16H,8H2,1-3H3,(H,15,17). The van der Waals surface area contributed by atoms with Crippen molar-refractivity contribution in [1.29, 1.82) is 0 Å². The smallest absolute Gasteiger partial charge is 0.236 e. The van der Waals surface area contributed by atoms with Gasteiger partial charge in [0.2, 0.25) is 5.91 Å². The van der Waals surface area contributed by atoms with Crippen molar-refractivity contribution in [2.45, 2.75) is 19.5 Å². The molecule has 0 saturated carbocycles. The van der Waals surface area contributed by atoms with Crippen LogP contribution in [0.15, 0.2) is 28.7 Å². The van der Waals surface area contributed by atoms with E-state index in [1.807, 2.05) is 31.2 Å². The van der Waals surface area contributed by atoms with Crippen molar-refractivity contribution in [2.24, 2.45) is 0 Å². The molecule has 0 aliphatic carbocycles. The Labute approximate surface area is 111 Å². The Morgan fingerprint density at radius 1 is 1.47 bits per heavy atom. The lowest BCUT2D eigenvalue weighted by molar-refractivity contribution is -0.122. The maximum atomic E-state index is 11.4. The number of carbonyl (C=O) groups excluding carboxylic acids is 1. The molecule has 2 N–H and O–H groups in total. The molecular formula is C14H18N2O3. The van der Waals surface area contributed by atoms with Crippen LogP contribution < -0.4 is 15.4 Å². The molecule has 19 heavy (non-hydrogen) atoms. The molecule has 0 aliphatic rings. The van der Waals surface area contributed by atoms with E-state index in [1.54, 1.807) is 14.2 Å². The van der Waals surface area contributed by atoms with E-state index >= 15 is 0 Å². The molecule has 1 amide bonds. The molecule has 2 rings (SSSR count). The molecule has 1 heterocycles. The van der Waals surface area contributed by atoms with Crippen molar-refractivity contribution in [3.63, 3.8) is 0 Å². The lowest BCUT2D eigenvalue weighted by Crippen LogP contribution is -2.40.